The van der Waals surface area contributed by atoms with Gasteiger partial charge in [-0.15, -0.1) is 0 Å². The first-order valence-corrected chi connectivity index (χ1v) is 3.28. The van der Waals surface area contributed by atoms with Gasteiger partial charge in [-0.05, 0) is 6.07 Å². The van der Waals surface area contributed by atoms with E-state index in [9.17, 15) is 4.79 Å². The quantitative estimate of drug-likeness (QED) is 0.418. The summed E-state index contributed by atoms with van der Waals surface area (Å²) < 4.78 is 0. The van der Waals surface area contributed by atoms with Crippen LogP contribution in [-0.4, -0.2) is 21.2 Å². The van der Waals surface area contributed by atoms with Gasteiger partial charge in [0.25, 0.3) is 5.91 Å². The van der Waals surface area contributed by atoms with E-state index >= 15 is 0 Å². The van der Waals surface area contributed by atoms with Crippen LogP contribution < -0.4 is 5.48 Å². The molecule has 0 aromatic carbocycles. The number of rotatable bonds is 2. The summed E-state index contributed by atoms with van der Waals surface area (Å²) in [6.45, 7) is -0.281. The maximum atomic E-state index is 10.9. The Morgan fingerprint density at radius 1 is 1.67 bits per heavy atom. The van der Waals surface area contributed by atoms with E-state index in [4.69, 9.17) is 10.3 Å². The van der Waals surface area contributed by atoms with Gasteiger partial charge in [0, 0.05) is 11.8 Å². The number of hydrogen-bond donors (Lipinski definition) is 3. The van der Waals surface area contributed by atoms with Gasteiger partial charge in [0.05, 0.1) is 6.61 Å². The molecule has 0 aliphatic heterocycles. The predicted molar refractivity (Wildman–Crippen MR) is 39.4 cm³/mol. The van der Waals surface area contributed by atoms with E-state index in [1.165, 1.54) is 11.7 Å². The highest BCUT2D eigenvalue weighted by atomic mass is 16.5. The lowest BCUT2D eigenvalue weighted by molar-refractivity contribution is 0.0697. The van der Waals surface area contributed by atoms with Crippen molar-refractivity contribution < 1.29 is 15.1 Å². The van der Waals surface area contributed by atoms with Gasteiger partial charge in [-0.1, -0.05) is 6.07 Å². The molecule has 5 nitrogen and oxygen atoms in total. The Morgan fingerprint density at radius 2 is 2.42 bits per heavy atom. The zero-order valence-electron chi connectivity index (χ0n) is 6.19. The van der Waals surface area contributed by atoms with Crippen LogP contribution in [0.25, 0.3) is 0 Å². The first-order valence-electron chi connectivity index (χ1n) is 3.28. The molecule has 1 rings (SSSR count). The monoisotopic (exact) mass is 168 g/mol. The van der Waals surface area contributed by atoms with Crippen LogP contribution in [-0.2, 0) is 6.61 Å². The summed E-state index contributed by atoms with van der Waals surface area (Å²) in [6, 6.07) is 3.15. The first-order chi connectivity index (χ1) is 5.79. The molecule has 0 aliphatic carbocycles. The summed E-state index contributed by atoms with van der Waals surface area (Å²) in [5.74, 6) is -0.723. The molecular weight excluding hydrogens is 160 g/mol. The highest BCUT2D eigenvalue weighted by Crippen LogP contribution is 2.03. The van der Waals surface area contributed by atoms with Crippen LogP contribution in [0.5, 0.6) is 0 Å². The fourth-order valence-corrected chi connectivity index (χ4v) is 0.824. The third-order valence-corrected chi connectivity index (χ3v) is 1.38. The van der Waals surface area contributed by atoms with Gasteiger partial charge in [0.2, 0.25) is 0 Å². The lowest BCUT2D eigenvalue weighted by Crippen LogP contribution is -2.21. The molecule has 0 aliphatic rings. The van der Waals surface area contributed by atoms with Gasteiger partial charge >= 0.3 is 0 Å². The average Bonchev–Trinajstić information content (AvgIpc) is 2.16. The number of aromatic nitrogens is 1. The molecule has 1 heterocycles. The van der Waals surface area contributed by atoms with Crippen molar-refractivity contribution in [2.45, 2.75) is 6.61 Å². The lowest BCUT2D eigenvalue weighted by Gasteiger charge is -2.02. The third kappa shape index (κ3) is 1.58. The van der Waals surface area contributed by atoms with E-state index in [-0.39, 0.29) is 12.3 Å². The zero-order chi connectivity index (χ0) is 8.97. The smallest absolute Gasteiger partial charge is 0.293 e. The van der Waals surface area contributed by atoms with Gasteiger partial charge in [-0.25, -0.2) is 5.48 Å². The fourth-order valence-electron chi connectivity index (χ4n) is 0.824. The second-order valence-corrected chi connectivity index (χ2v) is 2.11. The van der Waals surface area contributed by atoms with Gasteiger partial charge in [0.15, 0.2) is 0 Å². The van der Waals surface area contributed by atoms with Crippen molar-refractivity contribution in [3.8, 4) is 0 Å². The molecule has 1 aromatic heterocycles. The SMILES string of the molecule is O=C(NO)c1ncccc1CO. The minimum absolute atomic E-state index is 0.0301. The Kier molecular flexibility index (Phi) is 2.73. The Bertz CT molecular complexity index is 288. The van der Waals surface area contributed by atoms with Crippen molar-refractivity contribution in [2.75, 3.05) is 0 Å². The van der Waals surface area contributed by atoms with Crippen molar-refractivity contribution in [3.63, 3.8) is 0 Å². The minimum atomic E-state index is -0.723. The zero-order valence-corrected chi connectivity index (χ0v) is 6.19. The molecule has 0 fully saturated rings. The van der Waals surface area contributed by atoms with Gasteiger partial charge < -0.3 is 5.11 Å². The van der Waals surface area contributed by atoms with Crippen LogP contribution in [0.3, 0.4) is 0 Å². The van der Waals surface area contributed by atoms with E-state index in [0.717, 1.165) is 0 Å². The van der Waals surface area contributed by atoms with Crippen LogP contribution in [0.4, 0.5) is 0 Å². The van der Waals surface area contributed by atoms with E-state index in [2.05, 4.69) is 4.98 Å². The van der Waals surface area contributed by atoms with Crippen LogP contribution in [0.15, 0.2) is 18.3 Å². The highest BCUT2D eigenvalue weighted by Gasteiger charge is 2.09. The molecular formula is C7H8N2O3. The molecule has 0 atom stereocenters. The fraction of sp³-hybridized carbons (Fsp3) is 0.143. The summed E-state index contributed by atoms with van der Waals surface area (Å²) in [7, 11) is 0. The second-order valence-electron chi connectivity index (χ2n) is 2.11. The molecule has 0 bridgehead atoms. The van der Waals surface area contributed by atoms with Crippen LogP contribution >= 0.6 is 0 Å². The first kappa shape index (κ1) is 8.63. The predicted octanol–water partition coefficient (Wildman–Crippen LogP) is -0.307. The molecule has 0 saturated heterocycles. The third-order valence-electron chi connectivity index (χ3n) is 1.38. The van der Waals surface area contributed by atoms with Crippen molar-refractivity contribution in [2.24, 2.45) is 0 Å². The Labute approximate surface area is 68.6 Å². The molecule has 0 unspecified atom stereocenters. The van der Waals surface area contributed by atoms with Crippen LogP contribution in [0.2, 0.25) is 0 Å². The number of hydroxylamine groups is 1. The van der Waals surface area contributed by atoms with E-state index in [1.54, 1.807) is 12.1 Å². The molecule has 64 valence electrons. The molecule has 12 heavy (non-hydrogen) atoms. The van der Waals surface area contributed by atoms with E-state index < -0.39 is 5.91 Å². The minimum Gasteiger partial charge on any atom is -0.392 e. The van der Waals surface area contributed by atoms with Gasteiger partial charge in [-0.2, -0.15) is 0 Å². The largest absolute Gasteiger partial charge is 0.392 e. The number of amides is 1. The Morgan fingerprint density at radius 3 is 3.00 bits per heavy atom. The van der Waals surface area contributed by atoms with Gasteiger partial charge in [0.1, 0.15) is 5.69 Å². The van der Waals surface area contributed by atoms with Crippen molar-refractivity contribution in [3.05, 3.63) is 29.6 Å². The number of carbonyl (C=O) groups excluding carboxylic acids is 1. The molecule has 0 saturated carbocycles. The Hall–Kier alpha value is -1.46. The van der Waals surface area contributed by atoms with E-state index in [0.29, 0.717) is 5.56 Å². The second kappa shape index (κ2) is 3.80. The number of carbonyl (C=O) groups is 1. The molecule has 1 aromatic rings. The maximum absolute atomic E-state index is 10.9. The summed E-state index contributed by atoms with van der Waals surface area (Å²) in [5, 5.41) is 17.0. The van der Waals surface area contributed by atoms with Crippen LogP contribution in [0, 0.1) is 0 Å². The highest BCUT2D eigenvalue weighted by molar-refractivity contribution is 5.92. The molecule has 3 N–H and O–H groups in total. The molecule has 0 spiro atoms. The van der Waals surface area contributed by atoms with Gasteiger partial charge in [-0.3, -0.25) is 15.0 Å². The molecule has 1 amide bonds. The maximum Gasteiger partial charge on any atom is 0.293 e. The lowest BCUT2D eigenvalue weighted by atomic mass is 10.2. The van der Waals surface area contributed by atoms with Crippen molar-refractivity contribution in [1.29, 1.82) is 0 Å². The molecule has 5 heteroatoms. The summed E-state index contributed by atoms with van der Waals surface area (Å²) in [6.07, 6.45) is 1.41. The average molecular weight is 168 g/mol. The number of aliphatic hydroxyl groups is 1. The van der Waals surface area contributed by atoms with Crippen molar-refractivity contribution >= 4 is 5.91 Å². The van der Waals surface area contributed by atoms with Crippen LogP contribution in [0.1, 0.15) is 16.1 Å². The summed E-state index contributed by atoms with van der Waals surface area (Å²) >= 11 is 0. The van der Waals surface area contributed by atoms with E-state index in [1.807, 2.05) is 0 Å². The number of nitrogens with zero attached hydrogens (tertiary/aromatic N) is 1. The standard InChI is InChI=1S/C7H8N2O3/c10-4-5-2-1-3-8-6(5)7(11)9-12/h1-3,10,12H,4H2,(H,9,11). The summed E-state index contributed by atoms with van der Waals surface area (Å²) in [4.78, 5) is 14.5. The normalized spacial score (nSPS) is 9.50. The van der Waals surface area contributed by atoms with Crippen molar-refractivity contribution in [1.82, 2.24) is 10.5 Å². The number of hydrogen-bond acceptors (Lipinski definition) is 4. The number of pyridine rings is 1. The summed E-state index contributed by atoms with van der Waals surface area (Å²) in [5.41, 5.74) is 1.85. The topological polar surface area (TPSA) is 82.5 Å². The molecule has 0 radical (unpaired) electrons. The number of aliphatic hydroxyl groups excluding tert-OH is 1. The Balaban J connectivity index is 3.04. The number of nitrogens with one attached hydrogen (secondary N) is 1.